The molecule has 118 valence electrons. The Morgan fingerprint density at radius 1 is 1.17 bits per heavy atom. The molecular formula is C17H15ClN2O3. The molecule has 1 N–H and O–H groups in total. The van der Waals surface area contributed by atoms with Gasteiger partial charge in [0.15, 0.2) is 0 Å². The summed E-state index contributed by atoms with van der Waals surface area (Å²) in [5, 5.41) is 14.6. The highest BCUT2D eigenvalue weighted by molar-refractivity contribution is 6.30. The second-order valence-corrected chi connectivity index (χ2v) is 6.05. The van der Waals surface area contributed by atoms with E-state index in [-0.39, 0.29) is 17.3 Å². The summed E-state index contributed by atoms with van der Waals surface area (Å²) in [4.78, 5) is 23.0. The average Bonchev–Trinajstić information content (AvgIpc) is 3.38. The molecule has 1 amide bonds. The van der Waals surface area contributed by atoms with E-state index in [1.165, 1.54) is 12.1 Å². The molecule has 1 fully saturated rings. The Morgan fingerprint density at radius 2 is 1.83 bits per heavy atom. The van der Waals surface area contributed by atoms with Crippen molar-refractivity contribution in [1.82, 2.24) is 5.32 Å². The van der Waals surface area contributed by atoms with E-state index >= 15 is 0 Å². The van der Waals surface area contributed by atoms with Gasteiger partial charge in [-0.25, -0.2) is 0 Å². The smallest absolute Gasteiger partial charge is 0.282 e. The van der Waals surface area contributed by atoms with Crippen molar-refractivity contribution >= 4 is 23.2 Å². The first-order valence-corrected chi connectivity index (χ1v) is 7.74. The highest BCUT2D eigenvalue weighted by Crippen LogP contribution is 2.41. The van der Waals surface area contributed by atoms with Crippen LogP contribution in [0.15, 0.2) is 48.5 Å². The summed E-state index contributed by atoms with van der Waals surface area (Å²) < 4.78 is 0. The molecule has 0 heterocycles. The van der Waals surface area contributed by atoms with Crippen LogP contribution in [0.4, 0.5) is 5.69 Å². The van der Waals surface area contributed by atoms with Crippen LogP contribution in [-0.4, -0.2) is 10.8 Å². The molecule has 1 aliphatic carbocycles. The van der Waals surface area contributed by atoms with Crippen molar-refractivity contribution in [2.24, 2.45) is 5.92 Å². The molecule has 1 unspecified atom stereocenters. The van der Waals surface area contributed by atoms with Gasteiger partial charge in [0.25, 0.3) is 11.6 Å². The Hall–Kier alpha value is -2.40. The summed E-state index contributed by atoms with van der Waals surface area (Å²) in [6.07, 6.45) is 2.06. The van der Waals surface area contributed by atoms with Gasteiger partial charge in [-0.2, -0.15) is 0 Å². The Balaban J connectivity index is 1.85. The van der Waals surface area contributed by atoms with E-state index in [1.54, 1.807) is 24.3 Å². The first-order valence-electron chi connectivity index (χ1n) is 7.36. The normalized spacial score (nSPS) is 15.0. The van der Waals surface area contributed by atoms with Crippen LogP contribution in [0.25, 0.3) is 0 Å². The van der Waals surface area contributed by atoms with Crippen LogP contribution in [-0.2, 0) is 0 Å². The van der Waals surface area contributed by atoms with E-state index in [4.69, 9.17) is 11.6 Å². The molecule has 1 aliphatic rings. The van der Waals surface area contributed by atoms with E-state index in [1.807, 2.05) is 12.1 Å². The summed E-state index contributed by atoms with van der Waals surface area (Å²) in [5.74, 6) is -0.0629. The van der Waals surface area contributed by atoms with Crippen molar-refractivity contribution in [2.45, 2.75) is 18.9 Å². The Morgan fingerprint density at radius 3 is 2.43 bits per heavy atom. The van der Waals surface area contributed by atoms with Gasteiger partial charge in [-0.15, -0.1) is 0 Å². The number of hydrogen-bond donors (Lipinski definition) is 1. The van der Waals surface area contributed by atoms with Gasteiger partial charge < -0.3 is 5.32 Å². The third kappa shape index (κ3) is 3.51. The fourth-order valence-corrected chi connectivity index (χ4v) is 2.74. The number of carbonyl (C=O) groups is 1. The molecule has 0 aliphatic heterocycles. The lowest BCUT2D eigenvalue weighted by Crippen LogP contribution is -2.30. The number of nitro groups is 1. The van der Waals surface area contributed by atoms with Crippen molar-refractivity contribution in [2.75, 3.05) is 0 Å². The Labute approximate surface area is 138 Å². The molecule has 0 bridgehead atoms. The number of benzene rings is 2. The Bertz CT molecular complexity index is 742. The maximum Gasteiger partial charge on any atom is 0.282 e. The highest BCUT2D eigenvalue weighted by Gasteiger charge is 2.34. The SMILES string of the molecule is O=C(NC(c1ccc(Cl)cc1)C1CC1)c1ccccc1[N+](=O)[O-]. The van der Waals surface area contributed by atoms with Gasteiger partial charge in [-0.1, -0.05) is 35.9 Å². The summed E-state index contributed by atoms with van der Waals surface area (Å²) in [7, 11) is 0. The Kier molecular flexibility index (Phi) is 4.30. The molecule has 1 atom stereocenters. The maximum atomic E-state index is 12.5. The largest absolute Gasteiger partial charge is 0.345 e. The molecule has 1 saturated carbocycles. The first kappa shape index (κ1) is 15.5. The van der Waals surface area contributed by atoms with E-state index in [2.05, 4.69) is 5.32 Å². The number of carbonyl (C=O) groups excluding carboxylic acids is 1. The van der Waals surface area contributed by atoms with Gasteiger partial charge in [0.1, 0.15) is 5.56 Å². The number of hydrogen-bond acceptors (Lipinski definition) is 3. The minimum atomic E-state index is -0.538. The lowest BCUT2D eigenvalue weighted by molar-refractivity contribution is -0.385. The third-order valence-electron chi connectivity index (χ3n) is 3.95. The second-order valence-electron chi connectivity index (χ2n) is 5.61. The number of nitrogens with zero attached hydrogens (tertiary/aromatic N) is 1. The van der Waals surface area contributed by atoms with Crippen molar-refractivity contribution in [1.29, 1.82) is 0 Å². The average molecular weight is 331 g/mol. The van der Waals surface area contributed by atoms with E-state index < -0.39 is 10.8 Å². The molecule has 6 heteroatoms. The number of halogens is 1. The number of para-hydroxylation sites is 1. The topological polar surface area (TPSA) is 72.2 Å². The van der Waals surface area contributed by atoms with Gasteiger partial charge >= 0.3 is 0 Å². The lowest BCUT2D eigenvalue weighted by Gasteiger charge is -2.19. The zero-order valence-electron chi connectivity index (χ0n) is 12.2. The summed E-state index contributed by atoms with van der Waals surface area (Å²) in [6.45, 7) is 0. The lowest BCUT2D eigenvalue weighted by atomic mass is 10.0. The quantitative estimate of drug-likeness (QED) is 0.661. The van der Waals surface area contributed by atoms with Crippen molar-refractivity contribution in [3.63, 3.8) is 0 Å². The molecule has 0 radical (unpaired) electrons. The maximum absolute atomic E-state index is 12.5. The van der Waals surface area contributed by atoms with Gasteiger partial charge in [0.2, 0.25) is 0 Å². The summed E-state index contributed by atoms with van der Waals surface area (Å²) in [6, 6.07) is 13.1. The molecule has 3 rings (SSSR count). The van der Waals surface area contributed by atoms with E-state index in [0.29, 0.717) is 10.9 Å². The predicted molar refractivity (Wildman–Crippen MR) is 87.5 cm³/mol. The number of nitro benzene ring substituents is 1. The first-order chi connectivity index (χ1) is 11.1. The molecule has 0 aromatic heterocycles. The monoisotopic (exact) mass is 330 g/mol. The minimum absolute atomic E-state index is 0.0807. The third-order valence-corrected chi connectivity index (χ3v) is 4.21. The number of rotatable bonds is 5. The summed E-state index contributed by atoms with van der Waals surface area (Å²) in [5.41, 5.74) is 0.858. The highest BCUT2D eigenvalue weighted by atomic mass is 35.5. The van der Waals surface area contributed by atoms with Crippen molar-refractivity contribution in [3.05, 3.63) is 74.8 Å². The van der Waals surface area contributed by atoms with Crippen molar-refractivity contribution in [3.8, 4) is 0 Å². The molecule has 5 nitrogen and oxygen atoms in total. The van der Waals surface area contributed by atoms with Crippen LogP contribution >= 0.6 is 11.6 Å². The number of amides is 1. The molecular weight excluding hydrogens is 316 g/mol. The van der Waals surface area contributed by atoms with E-state index in [9.17, 15) is 14.9 Å². The second kappa shape index (κ2) is 6.38. The zero-order valence-corrected chi connectivity index (χ0v) is 13.0. The number of nitrogens with one attached hydrogen (secondary N) is 1. The van der Waals surface area contributed by atoms with Gasteiger partial charge in [0.05, 0.1) is 11.0 Å². The zero-order chi connectivity index (χ0) is 16.4. The molecule has 23 heavy (non-hydrogen) atoms. The van der Waals surface area contributed by atoms with E-state index in [0.717, 1.165) is 18.4 Å². The molecule has 2 aromatic rings. The van der Waals surface area contributed by atoms with Crippen LogP contribution in [0, 0.1) is 16.0 Å². The van der Waals surface area contributed by atoms with Gasteiger partial charge in [-0.05, 0) is 42.5 Å². The molecule has 0 saturated heterocycles. The van der Waals surface area contributed by atoms with Crippen LogP contribution in [0.1, 0.15) is 34.8 Å². The van der Waals surface area contributed by atoms with Gasteiger partial charge in [-0.3, -0.25) is 14.9 Å². The summed E-state index contributed by atoms with van der Waals surface area (Å²) >= 11 is 5.91. The van der Waals surface area contributed by atoms with Crippen LogP contribution in [0.5, 0.6) is 0 Å². The standard InChI is InChI=1S/C17H15ClN2O3/c18-13-9-7-12(8-10-13)16(11-5-6-11)19-17(21)14-3-1-2-4-15(14)20(22)23/h1-4,7-11,16H,5-6H2,(H,19,21). The van der Waals surface area contributed by atoms with Gasteiger partial charge in [0, 0.05) is 11.1 Å². The van der Waals surface area contributed by atoms with Crippen LogP contribution < -0.4 is 5.32 Å². The van der Waals surface area contributed by atoms with Crippen LogP contribution in [0.3, 0.4) is 0 Å². The molecule has 0 spiro atoms. The molecule has 2 aromatic carbocycles. The van der Waals surface area contributed by atoms with Crippen LogP contribution in [0.2, 0.25) is 5.02 Å². The minimum Gasteiger partial charge on any atom is -0.345 e. The fraction of sp³-hybridized carbons (Fsp3) is 0.235. The predicted octanol–water partition coefficient (Wildman–Crippen LogP) is 4.13. The van der Waals surface area contributed by atoms with Crippen molar-refractivity contribution < 1.29 is 9.72 Å². The fourth-order valence-electron chi connectivity index (χ4n) is 2.62.